The molecule has 3 rings (SSSR count). The Morgan fingerprint density at radius 2 is 1.19 bits per heavy atom. The monoisotopic (exact) mass is 648 g/mol. The van der Waals surface area contributed by atoms with Crippen LogP contribution in [0, 0.1) is 0 Å². The SMILES string of the molecule is CCCCCCSC1=C(SCCCCCC)SC(=C2SC(SC)=C(SCc3ccc(C(=O)O)cc3)S2)S1. The second kappa shape index (κ2) is 18.2. The molecule has 204 valence electrons. The van der Waals surface area contributed by atoms with Gasteiger partial charge in [0.2, 0.25) is 0 Å². The summed E-state index contributed by atoms with van der Waals surface area (Å²) in [5.41, 5.74) is 1.50. The molecule has 0 aliphatic carbocycles. The standard InChI is InChI=1S/C27H36O2S8/c1-4-6-8-10-16-31-24-25(32-17-11-9-7-5-2)37-27(36-24)26-34-22(30-3)23(35-26)33-18-19-12-14-20(15-13-19)21(28)29/h12-15H,4-11,16-18H2,1-3H3,(H,28,29). The fraction of sp³-hybridized carbons (Fsp3) is 0.519. The Morgan fingerprint density at radius 3 is 1.65 bits per heavy atom. The van der Waals surface area contributed by atoms with Crippen LogP contribution in [0.5, 0.6) is 0 Å². The molecule has 0 fully saturated rings. The predicted octanol–water partition coefficient (Wildman–Crippen LogP) is 11.9. The quantitative estimate of drug-likeness (QED) is 0.165. The van der Waals surface area contributed by atoms with Crippen LogP contribution in [0.2, 0.25) is 0 Å². The molecule has 0 aromatic heterocycles. The zero-order valence-corrected chi connectivity index (χ0v) is 28.2. The number of hydrogen-bond acceptors (Lipinski definition) is 9. The molecule has 0 radical (unpaired) electrons. The van der Waals surface area contributed by atoms with Gasteiger partial charge in [0.25, 0.3) is 0 Å². The predicted molar refractivity (Wildman–Crippen MR) is 183 cm³/mol. The zero-order valence-electron chi connectivity index (χ0n) is 21.7. The summed E-state index contributed by atoms with van der Waals surface area (Å²) in [4.78, 5) is 11.1. The molecule has 2 aliphatic rings. The summed E-state index contributed by atoms with van der Waals surface area (Å²) in [7, 11) is 0. The van der Waals surface area contributed by atoms with E-state index in [1.807, 2.05) is 82.7 Å². The number of benzene rings is 1. The van der Waals surface area contributed by atoms with Gasteiger partial charge in [-0.1, -0.05) is 112 Å². The van der Waals surface area contributed by atoms with Gasteiger partial charge in [0, 0.05) is 5.75 Å². The van der Waals surface area contributed by atoms with Gasteiger partial charge in [-0.3, -0.25) is 0 Å². The summed E-state index contributed by atoms with van der Waals surface area (Å²) in [5.74, 6) is 2.43. The van der Waals surface area contributed by atoms with E-state index < -0.39 is 5.97 Å². The smallest absolute Gasteiger partial charge is 0.335 e. The molecule has 0 unspecified atom stereocenters. The third kappa shape index (κ3) is 10.9. The fourth-order valence-corrected chi connectivity index (χ4v) is 15.0. The maximum Gasteiger partial charge on any atom is 0.335 e. The van der Waals surface area contributed by atoms with Crippen LogP contribution < -0.4 is 0 Å². The van der Waals surface area contributed by atoms with Gasteiger partial charge in [-0.2, -0.15) is 0 Å². The van der Waals surface area contributed by atoms with E-state index in [1.54, 1.807) is 12.1 Å². The molecule has 1 aromatic carbocycles. The Balaban J connectivity index is 1.60. The lowest BCUT2D eigenvalue weighted by molar-refractivity contribution is 0.0697. The molecule has 10 heteroatoms. The largest absolute Gasteiger partial charge is 0.478 e. The molecule has 2 heterocycles. The van der Waals surface area contributed by atoms with Crippen LogP contribution in [0.3, 0.4) is 0 Å². The molecule has 0 amide bonds. The number of carboxylic acids is 1. The van der Waals surface area contributed by atoms with E-state index in [0.717, 1.165) is 11.3 Å². The van der Waals surface area contributed by atoms with E-state index in [9.17, 15) is 4.79 Å². The summed E-state index contributed by atoms with van der Waals surface area (Å²) in [6.07, 6.45) is 12.7. The maximum absolute atomic E-state index is 11.1. The number of rotatable bonds is 17. The van der Waals surface area contributed by atoms with Crippen LogP contribution >= 0.6 is 94.1 Å². The fourth-order valence-electron chi connectivity index (χ4n) is 3.38. The molecular weight excluding hydrogens is 613 g/mol. The number of hydrogen-bond donors (Lipinski definition) is 1. The minimum absolute atomic E-state index is 0.344. The van der Waals surface area contributed by atoms with Gasteiger partial charge in [0.15, 0.2) is 0 Å². The maximum atomic E-state index is 11.1. The third-order valence-electron chi connectivity index (χ3n) is 5.46. The van der Waals surface area contributed by atoms with E-state index in [4.69, 9.17) is 5.11 Å². The third-order valence-corrected chi connectivity index (χ3v) is 17.1. The van der Waals surface area contributed by atoms with Crippen molar-refractivity contribution in [3.8, 4) is 0 Å². The van der Waals surface area contributed by atoms with Crippen LogP contribution in [0.1, 0.15) is 81.1 Å². The molecule has 37 heavy (non-hydrogen) atoms. The van der Waals surface area contributed by atoms with Crippen molar-refractivity contribution < 1.29 is 9.90 Å². The first-order valence-electron chi connectivity index (χ1n) is 12.7. The van der Waals surface area contributed by atoms with Gasteiger partial charge in [0.1, 0.15) is 0 Å². The summed E-state index contributed by atoms with van der Waals surface area (Å²) in [6.45, 7) is 4.56. The number of unbranched alkanes of at least 4 members (excludes halogenated alkanes) is 6. The van der Waals surface area contributed by atoms with Crippen molar-refractivity contribution in [2.24, 2.45) is 0 Å². The highest BCUT2D eigenvalue weighted by Crippen LogP contribution is 2.66. The Bertz CT molecular complexity index is 957. The Kier molecular flexibility index (Phi) is 15.9. The molecule has 1 aromatic rings. The topological polar surface area (TPSA) is 37.3 Å². The first kappa shape index (κ1) is 32.2. The van der Waals surface area contributed by atoms with Crippen LogP contribution in [-0.4, -0.2) is 28.8 Å². The zero-order chi connectivity index (χ0) is 26.5. The number of carboxylic acid groups (broad SMARTS) is 1. The average Bonchev–Trinajstić information content (AvgIpc) is 3.51. The van der Waals surface area contributed by atoms with Gasteiger partial charge in [-0.25, -0.2) is 4.79 Å². The molecule has 0 saturated carbocycles. The highest BCUT2D eigenvalue weighted by atomic mass is 32.3. The van der Waals surface area contributed by atoms with Crippen molar-refractivity contribution in [2.75, 3.05) is 17.8 Å². The molecule has 0 spiro atoms. The van der Waals surface area contributed by atoms with Gasteiger partial charge >= 0.3 is 5.97 Å². The summed E-state index contributed by atoms with van der Waals surface area (Å²) in [5, 5.41) is 9.14. The number of carbonyl (C=O) groups is 1. The van der Waals surface area contributed by atoms with E-state index >= 15 is 0 Å². The Morgan fingerprint density at radius 1 is 0.703 bits per heavy atom. The Labute approximate surface area is 257 Å². The average molecular weight is 649 g/mol. The molecule has 0 bridgehead atoms. The highest BCUT2D eigenvalue weighted by Gasteiger charge is 2.30. The van der Waals surface area contributed by atoms with Gasteiger partial charge in [-0.05, 0) is 48.3 Å². The lowest BCUT2D eigenvalue weighted by atomic mass is 10.1. The second-order valence-corrected chi connectivity index (χ2v) is 18.1. The van der Waals surface area contributed by atoms with Crippen molar-refractivity contribution in [3.63, 3.8) is 0 Å². The minimum Gasteiger partial charge on any atom is -0.478 e. The molecule has 2 nitrogen and oxygen atoms in total. The summed E-state index contributed by atoms with van der Waals surface area (Å²) in [6, 6.07) is 7.27. The van der Waals surface area contributed by atoms with Crippen molar-refractivity contribution in [1.29, 1.82) is 0 Å². The van der Waals surface area contributed by atoms with Crippen LogP contribution in [0.25, 0.3) is 0 Å². The van der Waals surface area contributed by atoms with E-state index in [0.29, 0.717) is 5.56 Å². The highest BCUT2D eigenvalue weighted by molar-refractivity contribution is 8.45. The van der Waals surface area contributed by atoms with Crippen LogP contribution in [-0.2, 0) is 5.75 Å². The first-order chi connectivity index (χ1) is 18.0. The molecule has 1 N–H and O–H groups in total. The van der Waals surface area contributed by atoms with Crippen molar-refractivity contribution in [3.05, 3.63) is 60.8 Å². The Hall–Kier alpha value is 0.710. The second-order valence-electron chi connectivity index (χ2n) is 8.45. The number of aromatic carboxylic acids is 1. The van der Waals surface area contributed by atoms with Crippen molar-refractivity contribution in [2.45, 2.75) is 71.0 Å². The number of thioether (sulfide) groups is 8. The van der Waals surface area contributed by atoms with Crippen molar-refractivity contribution >= 4 is 100 Å². The van der Waals surface area contributed by atoms with Gasteiger partial charge in [0.05, 0.1) is 31.0 Å². The lowest BCUT2D eigenvalue weighted by Gasteiger charge is -2.05. The molecule has 0 atom stereocenters. The van der Waals surface area contributed by atoms with Gasteiger partial charge in [-0.15, -0.1) is 47.0 Å². The minimum atomic E-state index is -0.872. The molecule has 0 saturated heterocycles. The van der Waals surface area contributed by atoms with Crippen LogP contribution in [0.15, 0.2) is 49.7 Å². The van der Waals surface area contributed by atoms with E-state index in [2.05, 4.69) is 43.6 Å². The summed E-state index contributed by atoms with van der Waals surface area (Å²) < 4.78 is 8.68. The first-order valence-corrected chi connectivity index (χ1v) is 20.2. The lowest BCUT2D eigenvalue weighted by Crippen LogP contribution is -1.95. The van der Waals surface area contributed by atoms with Gasteiger partial charge < -0.3 is 5.11 Å². The normalized spacial score (nSPS) is 16.0. The van der Waals surface area contributed by atoms with E-state index in [-0.39, 0.29) is 0 Å². The molecular formula is C27H36O2S8. The summed E-state index contributed by atoms with van der Waals surface area (Å²) >= 11 is 15.7. The van der Waals surface area contributed by atoms with Crippen molar-refractivity contribution in [1.82, 2.24) is 0 Å². The van der Waals surface area contributed by atoms with E-state index in [1.165, 1.54) is 88.3 Å². The van der Waals surface area contributed by atoms with Crippen LogP contribution in [0.4, 0.5) is 0 Å². The molecule has 2 aliphatic heterocycles.